The highest BCUT2D eigenvalue weighted by molar-refractivity contribution is 9.10. The predicted molar refractivity (Wildman–Crippen MR) is 65.6 cm³/mol. The fraction of sp³-hybridized carbons (Fsp3) is 0.500. The molecule has 0 saturated heterocycles. The van der Waals surface area contributed by atoms with E-state index < -0.39 is 0 Å². The Balaban J connectivity index is 2.56. The maximum Gasteiger partial charge on any atom is 0.0207 e. The molecule has 0 saturated carbocycles. The summed E-state index contributed by atoms with van der Waals surface area (Å²) in [7, 11) is 0. The highest BCUT2D eigenvalue weighted by atomic mass is 79.9. The zero-order chi connectivity index (χ0) is 10.6. The maximum atomic E-state index is 3.56. The fourth-order valence-corrected chi connectivity index (χ4v) is 2.07. The lowest BCUT2D eigenvalue weighted by Gasteiger charge is -2.17. The molecule has 2 heteroatoms. The molecule has 0 spiro atoms. The summed E-state index contributed by atoms with van der Waals surface area (Å²) in [6, 6.07) is 9.47. The lowest BCUT2D eigenvalue weighted by atomic mass is 10.1. The van der Waals surface area contributed by atoms with Gasteiger partial charge in [0.1, 0.15) is 0 Å². The second-order valence-corrected chi connectivity index (χ2v) is 4.87. The van der Waals surface area contributed by atoms with Gasteiger partial charge in [-0.1, -0.05) is 48.0 Å². The Morgan fingerprint density at radius 1 is 1.21 bits per heavy atom. The molecule has 1 nitrogen and oxygen atoms in total. The molecular formula is C12H18BrN. The first-order chi connectivity index (χ1) is 6.59. The molecule has 0 amide bonds. The van der Waals surface area contributed by atoms with Gasteiger partial charge >= 0.3 is 0 Å². The zero-order valence-electron chi connectivity index (χ0n) is 9.05. The first kappa shape index (κ1) is 11.7. The highest BCUT2D eigenvalue weighted by Crippen LogP contribution is 2.17. The second kappa shape index (κ2) is 5.52. The molecule has 0 aliphatic heterocycles. The molecule has 1 rings (SSSR count). The molecule has 14 heavy (non-hydrogen) atoms. The van der Waals surface area contributed by atoms with Crippen molar-refractivity contribution >= 4 is 15.9 Å². The molecule has 0 aliphatic carbocycles. The van der Waals surface area contributed by atoms with Gasteiger partial charge in [-0.2, -0.15) is 0 Å². The van der Waals surface area contributed by atoms with Crippen molar-refractivity contribution in [2.45, 2.75) is 39.3 Å². The van der Waals surface area contributed by atoms with Crippen LogP contribution in [0.25, 0.3) is 0 Å². The second-order valence-electron chi connectivity index (χ2n) is 4.02. The number of rotatable bonds is 4. The monoisotopic (exact) mass is 255 g/mol. The van der Waals surface area contributed by atoms with Gasteiger partial charge in [-0.15, -0.1) is 0 Å². The van der Waals surface area contributed by atoms with Crippen LogP contribution in [0.15, 0.2) is 28.7 Å². The van der Waals surface area contributed by atoms with E-state index in [0.717, 1.165) is 6.42 Å². The van der Waals surface area contributed by atoms with Crippen LogP contribution in [0.1, 0.15) is 26.3 Å². The summed E-state index contributed by atoms with van der Waals surface area (Å²) in [5, 5.41) is 3.50. The van der Waals surface area contributed by atoms with Crippen LogP contribution in [0.3, 0.4) is 0 Å². The Morgan fingerprint density at radius 3 is 2.43 bits per heavy atom. The van der Waals surface area contributed by atoms with Crippen molar-refractivity contribution in [3.05, 3.63) is 34.3 Å². The minimum Gasteiger partial charge on any atom is -0.312 e. The minimum atomic E-state index is 0.522. The number of benzene rings is 1. The number of hydrogen-bond acceptors (Lipinski definition) is 1. The topological polar surface area (TPSA) is 12.0 Å². The first-order valence-electron chi connectivity index (χ1n) is 5.09. The molecule has 1 atom stereocenters. The molecule has 0 radical (unpaired) electrons. The molecule has 0 bridgehead atoms. The molecule has 0 aromatic heterocycles. The molecular weight excluding hydrogens is 238 g/mol. The van der Waals surface area contributed by atoms with Gasteiger partial charge in [0.05, 0.1) is 0 Å². The van der Waals surface area contributed by atoms with Crippen molar-refractivity contribution in [3.8, 4) is 0 Å². The van der Waals surface area contributed by atoms with Gasteiger partial charge in [0.25, 0.3) is 0 Å². The molecule has 1 N–H and O–H groups in total. The summed E-state index contributed by atoms with van der Waals surface area (Å²) in [5.74, 6) is 0. The Bertz CT molecular complexity index is 283. The van der Waals surface area contributed by atoms with Crippen molar-refractivity contribution in [3.63, 3.8) is 0 Å². The standard InChI is InChI=1S/C12H18BrN/c1-9(2)14-10(3)8-11-6-4-5-7-12(11)13/h4-7,9-10,14H,8H2,1-3H3. The molecule has 1 aromatic carbocycles. The lowest BCUT2D eigenvalue weighted by Crippen LogP contribution is -2.33. The summed E-state index contributed by atoms with van der Waals surface area (Å²) in [4.78, 5) is 0. The van der Waals surface area contributed by atoms with Gasteiger partial charge in [0.2, 0.25) is 0 Å². The molecule has 0 aliphatic rings. The van der Waals surface area contributed by atoms with E-state index in [-0.39, 0.29) is 0 Å². The number of nitrogens with one attached hydrogen (secondary N) is 1. The van der Waals surface area contributed by atoms with Gasteiger partial charge in [-0.05, 0) is 25.0 Å². The van der Waals surface area contributed by atoms with E-state index in [4.69, 9.17) is 0 Å². The Labute approximate surface area is 95.0 Å². The van der Waals surface area contributed by atoms with Crippen molar-refractivity contribution in [1.29, 1.82) is 0 Å². The first-order valence-corrected chi connectivity index (χ1v) is 5.88. The lowest BCUT2D eigenvalue weighted by molar-refractivity contribution is 0.487. The van der Waals surface area contributed by atoms with E-state index in [9.17, 15) is 0 Å². The van der Waals surface area contributed by atoms with E-state index in [2.05, 4.69) is 60.2 Å². The Hall–Kier alpha value is -0.340. The molecule has 1 unspecified atom stereocenters. The number of hydrogen-bond donors (Lipinski definition) is 1. The quantitative estimate of drug-likeness (QED) is 0.870. The molecule has 78 valence electrons. The van der Waals surface area contributed by atoms with Gasteiger partial charge in [-0.3, -0.25) is 0 Å². The minimum absolute atomic E-state index is 0.522. The maximum absolute atomic E-state index is 3.56. The summed E-state index contributed by atoms with van der Waals surface area (Å²) in [6.07, 6.45) is 1.07. The van der Waals surface area contributed by atoms with Crippen LogP contribution < -0.4 is 5.32 Å². The average Bonchev–Trinajstić information content (AvgIpc) is 2.07. The normalized spacial score (nSPS) is 13.2. The van der Waals surface area contributed by atoms with Crippen molar-refractivity contribution < 1.29 is 0 Å². The third-order valence-corrected chi connectivity index (χ3v) is 2.88. The van der Waals surface area contributed by atoms with Gasteiger partial charge in [0, 0.05) is 16.6 Å². The van der Waals surface area contributed by atoms with Crippen LogP contribution in [0.4, 0.5) is 0 Å². The Morgan fingerprint density at radius 2 is 1.86 bits per heavy atom. The fourth-order valence-electron chi connectivity index (χ4n) is 1.62. The van der Waals surface area contributed by atoms with Crippen LogP contribution in [0, 0.1) is 0 Å². The van der Waals surface area contributed by atoms with E-state index in [1.807, 2.05) is 6.07 Å². The van der Waals surface area contributed by atoms with Crippen molar-refractivity contribution in [2.24, 2.45) is 0 Å². The largest absolute Gasteiger partial charge is 0.312 e. The smallest absolute Gasteiger partial charge is 0.0207 e. The summed E-state index contributed by atoms with van der Waals surface area (Å²) >= 11 is 3.56. The third kappa shape index (κ3) is 3.81. The van der Waals surface area contributed by atoms with Crippen LogP contribution in [-0.2, 0) is 6.42 Å². The van der Waals surface area contributed by atoms with Crippen molar-refractivity contribution in [2.75, 3.05) is 0 Å². The average molecular weight is 256 g/mol. The van der Waals surface area contributed by atoms with Crippen LogP contribution in [0.5, 0.6) is 0 Å². The van der Waals surface area contributed by atoms with Gasteiger partial charge < -0.3 is 5.32 Å². The van der Waals surface area contributed by atoms with E-state index in [0.29, 0.717) is 12.1 Å². The van der Waals surface area contributed by atoms with E-state index >= 15 is 0 Å². The molecule has 0 heterocycles. The van der Waals surface area contributed by atoms with Crippen LogP contribution in [-0.4, -0.2) is 12.1 Å². The van der Waals surface area contributed by atoms with E-state index in [1.54, 1.807) is 0 Å². The molecule has 1 aromatic rings. The predicted octanol–water partition coefficient (Wildman–Crippen LogP) is 3.38. The zero-order valence-corrected chi connectivity index (χ0v) is 10.6. The van der Waals surface area contributed by atoms with Crippen LogP contribution >= 0.6 is 15.9 Å². The summed E-state index contributed by atoms with van der Waals surface area (Å²) < 4.78 is 1.21. The summed E-state index contributed by atoms with van der Waals surface area (Å²) in [5.41, 5.74) is 1.37. The van der Waals surface area contributed by atoms with Crippen LogP contribution in [0.2, 0.25) is 0 Å². The molecule has 0 fully saturated rings. The summed E-state index contributed by atoms with van der Waals surface area (Å²) in [6.45, 7) is 6.58. The SMILES string of the molecule is CC(C)NC(C)Cc1ccccc1Br. The number of halogens is 1. The highest BCUT2D eigenvalue weighted by Gasteiger charge is 2.06. The van der Waals surface area contributed by atoms with Gasteiger partial charge in [-0.25, -0.2) is 0 Å². The van der Waals surface area contributed by atoms with Gasteiger partial charge in [0.15, 0.2) is 0 Å². The van der Waals surface area contributed by atoms with E-state index in [1.165, 1.54) is 10.0 Å². The Kier molecular flexibility index (Phi) is 4.63. The van der Waals surface area contributed by atoms with Crippen molar-refractivity contribution in [1.82, 2.24) is 5.32 Å². The third-order valence-electron chi connectivity index (χ3n) is 2.10.